The number of carbonyl (C=O) groups excluding carboxylic acids is 2. The summed E-state index contributed by atoms with van der Waals surface area (Å²) in [5, 5.41) is 28.1. The molecule has 198 valence electrons. The minimum absolute atomic E-state index is 0.141. The zero-order chi connectivity index (χ0) is 28.1. The van der Waals surface area contributed by atoms with Crippen molar-refractivity contribution in [1.29, 1.82) is 0 Å². The third kappa shape index (κ3) is 5.56. The van der Waals surface area contributed by atoms with Crippen molar-refractivity contribution in [2.75, 3.05) is 20.8 Å². The molecule has 0 spiro atoms. The summed E-state index contributed by atoms with van der Waals surface area (Å²) in [5.41, 5.74) is 4.37. The van der Waals surface area contributed by atoms with E-state index >= 15 is 0 Å². The highest BCUT2D eigenvalue weighted by Crippen LogP contribution is 2.40. The van der Waals surface area contributed by atoms with E-state index in [0.717, 1.165) is 5.56 Å². The number of pyridine rings is 1. The summed E-state index contributed by atoms with van der Waals surface area (Å²) in [6, 6.07) is 1.81. The van der Waals surface area contributed by atoms with E-state index in [1.807, 2.05) is 6.07 Å². The highest BCUT2D eigenvalue weighted by Gasteiger charge is 2.28. The van der Waals surface area contributed by atoms with Crippen LogP contribution in [0.2, 0.25) is 0 Å². The minimum Gasteiger partial charge on any atom is -0.515 e. The second-order valence-corrected chi connectivity index (χ2v) is 8.41. The number of carboxylic acids is 2. The van der Waals surface area contributed by atoms with Crippen molar-refractivity contribution in [3.8, 4) is 11.1 Å². The van der Waals surface area contributed by atoms with Crippen LogP contribution in [0.25, 0.3) is 17.2 Å². The molecule has 38 heavy (non-hydrogen) atoms. The van der Waals surface area contributed by atoms with Gasteiger partial charge in [-0.25, -0.2) is 9.59 Å². The molecule has 2 aliphatic carbocycles. The van der Waals surface area contributed by atoms with Crippen LogP contribution in [0, 0.1) is 6.92 Å². The number of aromatic nitrogens is 1. The van der Waals surface area contributed by atoms with Gasteiger partial charge < -0.3 is 29.4 Å². The highest BCUT2D eigenvalue weighted by molar-refractivity contribution is 6.05. The number of aliphatic imine (C=N–C) groups is 1. The van der Waals surface area contributed by atoms with E-state index in [2.05, 4.69) is 4.99 Å². The molecule has 0 aromatic heterocycles. The van der Waals surface area contributed by atoms with Crippen LogP contribution in [-0.2, 0) is 30.4 Å². The topological polar surface area (TPSA) is 165 Å². The smallest absolute Gasteiger partial charge is 0.341 e. The fourth-order valence-corrected chi connectivity index (χ4v) is 4.37. The van der Waals surface area contributed by atoms with Gasteiger partial charge in [0.15, 0.2) is 0 Å². The SMILES string of the molecule is COC(=O)C(=CO)C1=C(C=NCC(=O)O)/C(=C\c2cc(C)c3c(C(=O)OC)cn(CC(=O)O)cc2-3)C=C1C. The van der Waals surface area contributed by atoms with Crippen LogP contribution in [0.15, 0.2) is 63.7 Å². The van der Waals surface area contributed by atoms with Gasteiger partial charge in [-0.05, 0) is 42.2 Å². The summed E-state index contributed by atoms with van der Waals surface area (Å²) in [6.07, 6.45) is 8.42. The maximum atomic E-state index is 12.5. The Morgan fingerprint density at radius 3 is 2.34 bits per heavy atom. The standard InChI is InChI=1S/C27H26N2O9/c1-14-5-16(18(8-28-9-22(31)32)24(14)21(13-30)27(36)38-4)7-17-6-15(2)25-19(17)10-29(12-23(33)34)11-20(25)26(35)37-3/h5-8,10-11,13,30H,9,12H2,1-4H3,(H,31,32)(H,33,34)/b16-7-,21-13?,28-8?. The first-order valence-electron chi connectivity index (χ1n) is 11.2. The van der Waals surface area contributed by atoms with Crippen LogP contribution in [0.5, 0.6) is 0 Å². The summed E-state index contributed by atoms with van der Waals surface area (Å²) in [5.74, 6) is -3.68. The third-order valence-corrected chi connectivity index (χ3v) is 5.84. The van der Waals surface area contributed by atoms with Crippen molar-refractivity contribution in [3.63, 3.8) is 0 Å². The average Bonchev–Trinajstić information content (AvgIpc) is 3.33. The zero-order valence-corrected chi connectivity index (χ0v) is 21.1. The lowest BCUT2D eigenvalue weighted by molar-refractivity contribution is -0.138. The van der Waals surface area contributed by atoms with Gasteiger partial charge in [-0.1, -0.05) is 12.1 Å². The number of fused-ring (bicyclic) bond motifs is 1. The fraction of sp³-hybridized carbons (Fsp3) is 0.222. The maximum Gasteiger partial charge on any atom is 0.341 e. The predicted molar refractivity (Wildman–Crippen MR) is 137 cm³/mol. The molecule has 1 aliphatic heterocycles. The molecule has 0 bridgehead atoms. The minimum atomic E-state index is -1.15. The molecule has 0 saturated carbocycles. The van der Waals surface area contributed by atoms with E-state index in [4.69, 9.17) is 14.6 Å². The first-order chi connectivity index (χ1) is 18.0. The molecule has 0 unspecified atom stereocenters. The van der Waals surface area contributed by atoms with E-state index in [9.17, 15) is 29.4 Å². The number of allylic oxidation sites excluding steroid dienone is 4. The Bertz CT molecular complexity index is 1450. The number of rotatable bonds is 9. The Kier molecular flexibility index (Phi) is 8.31. The zero-order valence-electron chi connectivity index (χ0n) is 21.1. The number of hydrogen-bond donors (Lipinski definition) is 3. The van der Waals surface area contributed by atoms with Gasteiger partial charge >= 0.3 is 23.9 Å². The maximum absolute atomic E-state index is 12.5. The number of aliphatic hydroxyl groups is 1. The molecule has 0 fully saturated rings. The Labute approximate surface area is 217 Å². The fourth-order valence-electron chi connectivity index (χ4n) is 4.37. The van der Waals surface area contributed by atoms with Gasteiger partial charge in [0, 0.05) is 40.9 Å². The van der Waals surface area contributed by atoms with Gasteiger partial charge in [-0.2, -0.15) is 0 Å². The van der Waals surface area contributed by atoms with Crippen molar-refractivity contribution >= 4 is 36.2 Å². The highest BCUT2D eigenvalue weighted by atomic mass is 16.5. The Hall–Kier alpha value is -4.93. The van der Waals surface area contributed by atoms with Gasteiger partial charge in [-0.3, -0.25) is 14.6 Å². The number of esters is 2. The first kappa shape index (κ1) is 27.7. The molecule has 11 heteroatoms. The molecule has 0 saturated heterocycles. The van der Waals surface area contributed by atoms with Crippen LogP contribution in [-0.4, -0.2) is 70.7 Å². The van der Waals surface area contributed by atoms with Crippen LogP contribution in [0.4, 0.5) is 0 Å². The van der Waals surface area contributed by atoms with Gasteiger partial charge in [0.25, 0.3) is 0 Å². The lowest BCUT2D eigenvalue weighted by Gasteiger charge is -2.14. The lowest BCUT2D eigenvalue weighted by atomic mass is 9.97. The number of carbonyl (C=O) groups is 4. The van der Waals surface area contributed by atoms with Gasteiger partial charge in [0.1, 0.15) is 18.7 Å². The number of ether oxygens (including phenoxy) is 2. The average molecular weight is 523 g/mol. The Morgan fingerprint density at radius 2 is 1.76 bits per heavy atom. The first-order valence-corrected chi connectivity index (χ1v) is 11.2. The van der Waals surface area contributed by atoms with E-state index in [-0.39, 0.29) is 17.7 Å². The normalized spacial score (nSPS) is 14.9. The number of carboxylic acid groups (broad SMARTS) is 2. The van der Waals surface area contributed by atoms with Crippen molar-refractivity contribution in [2.45, 2.75) is 20.4 Å². The van der Waals surface area contributed by atoms with Gasteiger partial charge in [0.05, 0.1) is 26.0 Å². The number of nitrogens with zero attached hydrogens (tertiary/aromatic N) is 2. The van der Waals surface area contributed by atoms with Crippen molar-refractivity contribution in [3.05, 3.63) is 75.4 Å². The van der Waals surface area contributed by atoms with Crippen LogP contribution in [0.1, 0.15) is 28.4 Å². The largest absolute Gasteiger partial charge is 0.515 e. The van der Waals surface area contributed by atoms with Crippen molar-refractivity contribution in [1.82, 2.24) is 4.57 Å². The quantitative estimate of drug-likeness (QED) is 0.194. The van der Waals surface area contributed by atoms with Crippen molar-refractivity contribution in [2.24, 2.45) is 4.99 Å². The predicted octanol–water partition coefficient (Wildman–Crippen LogP) is 3.18. The van der Waals surface area contributed by atoms with Gasteiger partial charge in [-0.15, -0.1) is 0 Å². The Balaban J connectivity index is 2.27. The number of methoxy groups -OCH3 is 2. The summed E-state index contributed by atoms with van der Waals surface area (Å²) in [7, 11) is 2.40. The molecular formula is C27H26N2O9. The number of hydrogen-bond acceptors (Lipinski definition) is 8. The molecule has 3 N–H and O–H groups in total. The number of aliphatic hydroxyl groups excluding tert-OH is 1. The Morgan fingerprint density at radius 1 is 1.05 bits per heavy atom. The molecule has 0 aromatic rings. The molecule has 0 aromatic carbocycles. The van der Waals surface area contributed by atoms with Crippen LogP contribution in [0.3, 0.4) is 0 Å². The molecule has 1 heterocycles. The molecule has 0 amide bonds. The second kappa shape index (κ2) is 11.4. The lowest BCUT2D eigenvalue weighted by Crippen LogP contribution is -2.13. The van der Waals surface area contributed by atoms with Crippen molar-refractivity contribution < 1.29 is 44.0 Å². The van der Waals surface area contributed by atoms with Crippen LogP contribution < -0.4 is 0 Å². The molecular weight excluding hydrogens is 496 g/mol. The molecule has 3 rings (SSSR count). The summed E-state index contributed by atoms with van der Waals surface area (Å²) in [4.78, 5) is 51.2. The van der Waals surface area contributed by atoms with Crippen LogP contribution >= 0.6 is 0 Å². The number of aliphatic carboxylic acids is 2. The summed E-state index contributed by atoms with van der Waals surface area (Å²) < 4.78 is 11.1. The monoisotopic (exact) mass is 522 g/mol. The summed E-state index contributed by atoms with van der Waals surface area (Å²) >= 11 is 0. The molecule has 11 nitrogen and oxygen atoms in total. The van der Waals surface area contributed by atoms with Gasteiger partial charge in [0.2, 0.25) is 0 Å². The summed E-state index contributed by atoms with van der Waals surface area (Å²) in [6.45, 7) is 2.60. The second-order valence-electron chi connectivity index (χ2n) is 8.41. The number of aryl methyl sites for hydroxylation is 1. The molecule has 3 aliphatic rings. The van der Waals surface area contributed by atoms with E-state index in [1.165, 1.54) is 31.2 Å². The van der Waals surface area contributed by atoms with E-state index in [1.54, 1.807) is 32.2 Å². The third-order valence-electron chi connectivity index (χ3n) is 5.84. The van der Waals surface area contributed by atoms with E-state index in [0.29, 0.717) is 45.2 Å². The molecule has 0 atom stereocenters. The molecule has 0 radical (unpaired) electrons. The van der Waals surface area contributed by atoms with E-state index < -0.39 is 30.4 Å².